The molecule has 1 saturated carbocycles. The molecule has 1 aliphatic rings. The van der Waals surface area contributed by atoms with Gasteiger partial charge in [0, 0.05) is 12.6 Å². The predicted molar refractivity (Wildman–Crippen MR) is 59.8 cm³/mol. The molecule has 16 heavy (non-hydrogen) atoms. The zero-order valence-corrected chi connectivity index (χ0v) is 9.44. The maximum atomic E-state index is 12.1. The number of nitrogens with zero attached hydrogens (tertiary/aromatic N) is 3. The molecule has 88 valence electrons. The molecule has 3 N–H and O–H groups in total. The minimum absolute atomic E-state index is 0.0985. The fourth-order valence-electron chi connectivity index (χ4n) is 2.29. The second-order valence-electron chi connectivity index (χ2n) is 4.07. The quantitative estimate of drug-likeness (QED) is 0.793. The third kappa shape index (κ3) is 2.00. The van der Waals surface area contributed by atoms with Crippen LogP contribution in [-0.4, -0.2) is 38.6 Å². The maximum absolute atomic E-state index is 12.1. The van der Waals surface area contributed by atoms with Crippen LogP contribution >= 0.6 is 0 Å². The molecule has 1 aromatic rings. The van der Waals surface area contributed by atoms with E-state index in [4.69, 9.17) is 5.73 Å². The zero-order valence-electron chi connectivity index (χ0n) is 9.44. The molecule has 1 heterocycles. The first-order valence-corrected chi connectivity index (χ1v) is 5.71. The Bertz CT molecular complexity index is 369. The van der Waals surface area contributed by atoms with Gasteiger partial charge in [-0.25, -0.2) is 0 Å². The highest BCUT2D eigenvalue weighted by atomic mass is 16.2. The number of amides is 1. The molecule has 0 aliphatic heterocycles. The standard InChI is InChI=1S/C10H17N5O/c1-2-15(7-5-3-4-6-7)9(16)8-12-10(11)14-13-8/h7H,2-6H2,1H3,(H3,11,12,13,14). The summed E-state index contributed by atoms with van der Waals surface area (Å²) in [6.45, 7) is 2.68. The van der Waals surface area contributed by atoms with Crippen LogP contribution in [0.2, 0.25) is 0 Å². The Morgan fingerprint density at radius 2 is 2.25 bits per heavy atom. The van der Waals surface area contributed by atoms with Crippen molar-refractivity contribution in [2.45, 2.75) is 38.6 Å². The average Bonchev–Trinajstić information content (AvgIpc) is 2.90. The van der Waals surface area contributed by atoms with E-state index in [1.54, 1.807) is 0 Å². The minimum Gasteiger partial charge on any atom is -0.366 e. The van der Waals surface area contributed by atoms with Crippen molar-refractivity contribution in [1.29, 1.82) is 0 Å². The third-order valence-corrected chi connectivity index (χ3v) is 3.07. The Kier molecular flexibility index (Phi) is 3.07. The summed E-state index contributed by atoms with van der Waals surface area (Å²) in [6, 6.07) is 0.351. The third-order valence-electron chi connectivity index (χ3n) is 3.07. The van der Waals surface area contributed by atoms with Gasteiger partial charge in [0.1, 0.15) is 0 Å². The summed E-state index contributed by atoms with van der Waals surface area (Å²) in [4.78, 5) is 17.8. The van der Waals surface area contributed by atoms with Gasteiger partial charge in [0.2, 0.25) is 11.8 Å². The molecule has 0 aromatic carbocycles. The van der Waals surface area contributed by atoms with E-state index in [2.05, 4.69) is 15.2 Å². The van der Waals surface area contributed by atoms with Crippen LogP contribution in [0.15, 0.2) is 0 Å². The lowest BCUT2D eigenvalue weighted by atomic mass is 10.2. The Morgan fingerprint density at radius 3 is 2.75 bits per heavy atom. The number of nitrogens with one attached hydrogen (secondary N) is 1. The second kappa shape index (κ2) is 4.51. The number of nitrogens with two attached hydrogens (primary N) is 1. The van der Waals surface area contributed by atoms with Gasteiger partial charge < -0.3 is 10.6 Å². The number of carbonyl (C=O) groups excluding carboxylic acids is 1. The molecular weight excluding hydrogens is 206 g/mol. The zero-order chi connectivity index (χ0) is 11.5. The Morgan fingerprint density at radius 1 is 1.56 bits per heavy atom. The van der Waals surface area contributed by atoms with Crippen molar-refractivity contribution in [3.63, 3.8) is 0 Å². The first-order valence-electron chi connectivity index (χ1n) is 5.71. The number of carbonyl (C=O) groups is 1. The van der Waals surface area contributed by atoms with Crippen LogP contribution in [0.25, 0.3) is 0 Å². The summed E-state index contributed by atoms with van der Waals surface area (Å²) in [6.07, 6.45) is 4.58. The summed E-state index contributed by atoms with van der Waals surface area (Å²) >= 11 is 0. The van der Waals surface area contributed by atoms with Crippen LogP contribution < -0.4 is 5.73 Å². The van der Waals surface area contributed by atoms with Gasteiger partial charge in [-0.2, -0.15) is 4.98 Å². The monoisotopic (exact) mass is 223 g/mol. The van der Waals surface area contributed by atoms with Crippen LogP contribution in [0.1, 0.15) is 43.2 Å². The van der Waals surface area contributed by atoms with Crippen molar-refractivity contribution in [3.8, 4) is 0 Å². The van der Waals surface area contributed by atoms with Crippen molar-refractivity contribution < 1.29 is 4.79 Å². The molecule has 0 atom stereocenters. The number of nitrogen functional groups attached to an aromatic ring is 1. The summed E-state index contributed by atoms with van der Waals surface area (Å²) in [7, 11) is 0. The Hall–Kier alpha value is -1.59. The first-order chi connectivity index (χ1) is 7.72. The van der Waals surface area contributed by atoms with E-state index in [9.17, 15) is 4.79 Å². The number of anilines is 1. The molecule has 1 aliphatic carbocycles. The maximum Gasteiger partial charge on any atom is 0.291 e. The molecule has 0 bridgehead atoms. The van der Waals surface area contributed by atoms with Gasteiger partial charge in [-0.1, -0.05) is 12.8 Å². The van der Waals surface area contributed by atoms with Gasteiger partial charge in [0.15, 0.2) is 0 Å². The fourth-order valence-corrected chi connectivity index (χ4v) is 2.29. The van der Waals surface area contributed by atoms with E-state index in [-0.39, 0.29) is 17.7 Å². The summed E-state index contributed by atoms with van der Waals surface area (Å²) in [5.41, 5.74) is 5.39. The van der Waals surface area contributed by atoms with Gasteiger partial charge in [-0.3, -0.25) is 9.89 Å². The topological polar surface area (TPSA) is 87.9 Å². The number of hydrogen-bond donors (Lipinski definition) is 2. The van der Waals surface area contributed by atoms with Crippen LogP contribution in [0, 0.1) is 0 Å². The van der Waals surface area contributed by atoms with E-state index >= 15 is 0 Å². The fraction of sp³-hybridized carbons (Fsp3) is 0.700. The van der Waals surface area contributed by atoms with E-state index < -0.39 is 0 Å². The molecule has 6 nitrogen and oxygen atoms in total. The van der Waals surface area contributed by atoms with Crippen LogP contribution in [0.5, 0.6) is 0 Å². The van der Waals surface area contributed by atoms with Crippen molar-refractivity contribution in [2.75, 3.05) is 12.3 Å². The summed E-state index contributed by atoms with van der Waals surface area (Å²) in [5.74, 6) is 0.260. The SMILES string of the molecule is CCN(C(=O)c1nc(N)n[nH]1)C1CCCC1. The molecule has 1 amide bonds. The normalized spacial score (nSPS) is 16.6. The van der Waals surface area contributed by atoms with Crippen LogP contribution in [0.3, 0.4) is 0 Å². The van der Waals surface area contributed by atoms with Gasteiger partial charge in [-0.15, -0.1) is 5.10 Å². The largest absolute Gasteiger partial charge is 0.366 e. The van der Waals surface area contributed by atoms with Crippen molar-refractivity contribution >= 4 is 11.9 Å². The van der Waals surface area contributed by atoms with E-state index in [0.29, 0.717) is 12.6 Å². The smallest absolute Gasteiger partial charge is 0.291 e. The lowest BCUT2D eigenvalue weighted by Gasteiger charge is -2.26. The lowest BCUT2D eigenvalue weighted by molar-refractivity contribution is 0.0681. The number of aromatic nitrogens is 3. The van der Waals surface area contributed by atoms with Crippen LogP contribution in [-0.2, 0) is 0 Å². The molecule has 6 heteroatoms. The highest BCUT2D eigenvalue weighted by Gasteiger charge is 2.27. The molecule has 0 spiro atoms. The number of H-pyrrole nitrogens is 1. The number of rotatable bonds is 3. The Labute approximate surface area is 94.2 Å². The lowest BCUT2D eigenvalue weighted by Crippen LogP contribution is -2.39. The van der Waals surface area contributed by atoms with Crippen LogP contribution in [0.4, 0.5) is 5.95 Å². The van der Waals surface area contributed by atoms with E-state index in [0.717, 1.165) is 12.8 Å². The van der Waals surface area contributed by atoms with Crippen molar-refractivity contribution in [1.82, 2.24) is 20.1 Å². The highest BCUT2D eigenvalue weighted by molar-refractivity contribution is 5.90. The molecular formula is C10H17N5O. The summed E-state index contributed by atoms with van der Waals surface area (Å²) < 4.78 is 0. The van der Waals surface area contributed by atoms with E-state index in [1.165, 1.54) is 12.8 Å². The number of hydrogen-bond acceptors (Lipinski definition) is 4. The van der Waals surface area contributed by atoms with Crippen molar-refractivity contribution in [2.24, 2.45) is 0 Å². The predicted octanol–water partition coefficient (Wildman–Crippen LogP) is 0.792. The molecule has 2 rings (SSSR count). The number of aromatic amines is 1. The molecule has 0 radical (unpaired) electrons. The molecule has 1 fully saturated rings. The Balaban J connectivity index is 2.11. The van der Waals surface area contributed by atoms with Gasteiger partial charge >= 0.3 is 0 Å². The van der Waals surface area contributed by atoms with E-state index in [1.807, 2.05) is 11.8 Å². The molecule has 1 aromatic heterocycles. The molecule has 0 unspecified atom stereocenters. The first kappa shape index (κ1) is 10.9. The van der Waals surface area contributed by atoms with Gasteiger partial charge in [0.05, 0.1) is 0 Å². The summed E-state index contributed by atoms with van der Waals surface area (Å²) in [5, 5.41) is 6.24. The molecule has 0 saturated heterocycles. The highest BCUT2D eigenvalue weighted by Crippen LogP contribution is 2.24. The second-order valence-corrected chi connectivity index (χ2v) is 4.07. The average molecular weight is 223 g/mol. The van der Waals surface area contributed by atoms with Gasteiger partial charge in [0.25, 0.3) is 5.91 Å². The van der Waals surface area contributed by atoms with Gasteiger partial charge in [-0.05, 0) is 19.8 Å². The minimum atomic E-state index is -0.0985. The van der Waals surface area contributed by atoms with Crippen molar-refractivity contribution in [3.05, 3.63) is 5.82 Å².